The zero-order chi connectivity index (χ0) is 12.5. The molecule has 0 bridgehead atoms. The third-order valence-electron chi connectivity index (χ3n) is 1.67. The van der Waals surface area contributed by atoms with Crippen molar-refractivity contribution in [3.8, 4) is 0 Å². The van der Waals surface area contributed by atoms with E-state index in [9.17, 15) is 14.3 Å². The molecule has 11 heteroatoms. The smallest absolute Gasteiger partial charge is 0.746 e. The SMILES string of the molecule is O=C1O[C@H]([C@@H](O)CO)C(OP(=O)([O-])O)=C1O.[Na+]. The molecular weight excluding hydrogens is 270 g/mol. The van der Waals surface area contributed by atoms with Crippen LogP contribution in [-0.2, 0) is 18.6 Å². The number of rotatable bonds is 4. The zero-order valence-electron chi connectivity index (χ0n) is 8.64. The number of cyclic esters (lactones) is 1. The summed E-state index contributed by atoms with van der Waals surface area (Å²) in [6.07, 6.45) is -3.37. The normalized spacial score (nSPS) is 24.7. The second-order valence-corrected chi connectivity index (χ2v) is 3.97. The fourth-order valence-electron chi connectivity index (χ4n) is 1.03. The number of hydrogen-bond acceptors (Lipinski definition) is 8. The Labute approximate surface area is 117 Å². The van der Waals surface area contributed by atoms with Gasteiger partial charge in [0.2, 0.25) is 5.76 Å². The zero-order valence-corrected chi connectivity index (χ0v) is 11.5. The molecular formula is C6H8NaO9P. The Balaban J connectivity index is 0.00000256. The topological polar surface area (TPSA) is 157 Å². The Morgan fingerprint density at radius 3 is 2.53 bits per heavy atom. The first-order chi connectivity index (χ1) is 7.26. The number of aliphatic hydroxyl groups is 3. The van der Waals surface area contributed by atoms with Gasteiger partial charge in [0.05, 0.1) is 6.61 Å². The Morgan fingerprint density at radius 2 is 2.12 bits per heavy atom. The monoisotopic (exact) mass is 278 g/mol. The Bertz CT molecular complexity index is 374. The fraction of sp³-hybridized carbons (Fsp3) is 0.500. The molecule has 1 heterocycles. The molecule has 3 atom stereocenters. The molecule has 9 nitrogen and oxygen atoms in total. The summed E-state index contributed by atoms with van der Waals surface area (Å²) in [5, 5.41) is 26.8. The Morgan fingerprint density at radius 1 is 1.59 bits per heavy atom. The summed E-state index contributed by atoms with van der Waals surface area (Å²) >= 11 is 0. The van der Waals surface area contributed by atoms with E-state index in [1.54, 1.807) is 0 Å². The molecule has 0 saturated heterocycles. The predicted molar refractivity (Wildman–Crippen MR) is 43.5 cm³/mol. The number of carbonyl (C=O) groups is 1. The predicted octanol–water partition coefficient (Wildman–Crippen LogP) is -5.48. The first-order valence-electron chi connectivity index (χ1n) is 3.92. The maximum absolute atomic E-state index is 10.8. The summed E-state index contributed by atoms with van der Waals surface area (Å²) in [6.45, 7) is -0.868. The summed E-state index contributed by atoms with van der Waals surface area (Å²) in [6, 6.07) is 0. The van der Waals surface area contributed by atoms with Crippen LogP contribution in [-0.4, -0.2) is 45.0 Å². The minimum Gasteiger partial charge on any atom is -0.746 e. The van der Waals surface area contributed by atoms with Crippen LogP contribution in [0.25, 0.3) is 0 Å². The maximum Gasteiger partial charge on any atom is 1.00 e. The van der Waals surface area contributed by atoms with Crippen LogP contribution in [0.3, 0.4) is 0 Å². The number of ether oxygens (including phenoxy) is 1. The molecule has 0 aliphatic carbocycles. The van der Waals surface area contributed by atoms with E-state index in [2.05, 4.69) is 9.26 Å². The van der Waals surface area contributed by atoms with E-state index in [-0.39, 0.29) is 29.6 Å². The van der Waals surface area contributed by atoms with Crippen LogP contribution >= 0.6 is 7.82 Å². The molecule has 0 aromatic carbocycles. The van der Waals surface area contributed by atoms with Gasteiger partial charge in [0, 0.05) is 0 Å². The molecule has 92 valence electrons. The van der Waals surface area contributed by atoms with Gasteiger partial charge in [-0.1, -0.05) is 0 Å². The van der Waals surface area contributed by atoms with Crippen LogP contribution in [0, 0.1) is 0 Å². The molecule has 1 rings (SSSR count). The first-order valence-corrected chi connectivity index (χ1v) is 5.42. The summed E-state index contributed by atoms with van der Waals surface area (Å²) < 4.78 is 18.6. The van der Waals surface area contributed by atoms with Crippen LogP contribution in [0.4, 0.5) is 0 Å². The molecule has 1 aliphatic rings. The molecule has 4 N–H and O–H groups in total. The second kappa shape index (κ2) is 6.17. The number of hydrogen-bond donors (Lipinski definition) is 4. The molecule has 0 aromatic rings. The largest absolute Gasteiger partial charge is 1.00 e. The van der Waals surface area contributed by atoms with Gasteiger partial charge in [-0.15, -0.1) is 0 Å². The molecule has 0 radical (unpaired) electrons. The van der Waals surface area contributed by atoms with Crippen molar-refractivity contribution < 1.29 is 73.3 Å². The number of aliphatic hydroxyl groups excluding tert-OH is 3. The van der Waals surface area contributed by atoms with E-state index in [1.165, 1.54) is 0 Å². The van der Waals surface area contributed by atoms with Gasteiger partial charge in [-0.25, -0.2) is 4.79 Å². The van der Waals surface area contributed by atoms with Crippen LogP contribution in [0.15, 0.2) is 11.5 Å². The molecule has 17 heavy (non-hydrogen) atoms. The molecule has 1 aliphatic heterocycles. The van der Waals surface area contributed by atoms with E-state index >= 15 is 0 Å². The van der Waals surface area contributed by atoms with Crippen molar-refractivity contribution in [3.05, 3.63) is 11.5 Å². The molecule has 1 unspecified atom stereocenters. The molecule has 0 aromatic heterocycles. The average molecular weight is 278 g/mol. The summed E-state index contributed by atoms with van der Waals surface area (Å²) in [7, 11) is -5.26. The van der Waals surface area contributed by atoms with Gasteiger partial charge in [0.15, 0.2) is 11.9 Å². The number of esters is 1. The minimum atomic E-state index is -5.26. The second-order valence-electron chi connectivity index (χ2n) is 2.85. The van der Waals surface area contributed by atoms with Crippen molar-refractivity contribution in [1.82, 2.24) is 0 Å². The fourth-order valence-corrected chi connectivity index (χ4v) is 1.47. The maximum atomic E-state index is 10.8. The van der Waals surface area contributed by atoms with Crippen molar-refractivity contribution in [1.29, 1.82) is 0 Å². The molecule has 0 amide bonds. The molecule has 0 fully saturated rings. The van der Waals surface area contributed by atoms with Gasteiger partial charge in [-0.05, 0) is 0 Å². The quantitative estimate of drug-likeness (QED) is 0.224. The van der Waals surface area contributed by atoms with E-state index in [1.807, 2.05) is 0 Å². The van der Waals surface area contributed by atoms with Crippen molar-refractivity contribution in [3.63, 3.8) is 0 Å². The van der Waals surface area contributed by atoms with Crippen LogP contribution in [0.2, 0.25) is 0 Å². The van der Waals surface area contributed by atoms with E-state index in [0.29, 0.717) is 0 Å². The standard InChI is InChI=1S/C6H9O9P.Na/c7-1-2(8)4-5(15-16(11,12)13)3(9)6(10)14-4;/h2,4,7-9H,1H2,(H2,11,12,13);/q;+1/p-1/t2-,4+;/m0./s1. The van der Waals surface area contributed by atoms with Crippen molar-refractivity contribution in [2.24, 2.45) is 0 Å². The number of phosphoric ester groups is 1. The van der Waals surface area contributed by atoms with Gasteiger partial charge in [-0.2, -0.15) is 0 Å². The van der Waals surface area contributed by atoms with Crippen molar-refractivity contribution >= 4 is 13.8 Å². The van der Waals surface area contributed by atoms with Gasteiger partial charge >= 0.3 is 43.3 Å². The molecule has 0 saturated carbocycles. The van der Waals surface area contributed by atoms with E-state index in [4.69, 9.17) is 20.2 Å². The minimum absolute atomic E-state index is 0. The van der Waals surface area contributed by atoms with Crippen molar-refractivity contribution in [2.45, 2.75) is 12.2 Å². The van der Waals surface area contributed by atoms with Crippen molar-refractivity contribution in [2.75, 3.05) is 6.61 Å². The van der Waals surface area contributed by atoms with Gasteiger partial charge in [0.1, 0.15) is 6.10 Å². The first kappa shape index (κ1) is 16.9. The summed E-state index contributed by atoms with van der Waals surface area (Å²) in [4.78, 5) is 29.6. The summed E-state index contributed by atoms with van der Waals surface area (Å²) in [5.74, 6) is -3.49. The van der Waals surface area contributed by atoms with Crippen LogP contribution in [0.1, 0.15) is 0 Å². The van der Waals surface area contributed by atoms with Crippen LogP contribution < -0.4 is 34.5 Å². The van der Waals surface area contributed by atoms with Crippen LogP contribution in [0.5, 0.6) is 0 Å². The van der Waals surface area contributed by atoms with E-state index in [0.717, 1.165) is 0 Å². The van der Waals surface area contributed by atoms with E-state index < -0.39 is 44.1 Å². The third-order valence-corrected chi connectivity index (χ3v) is 2.10. The Hall–Kier alpha value is -0.120. The summed E-state index contributed by atoms with van der Waals surface area (Å²) in [5.41, 5.74) is 0. The Kier molecular flexibility index (Phi) is 6.12. The average Bonchev–Trinajstić information content (AvgIpc) is 2.43. The molecule has 0 spiro atoms. The van der Waals surface area contributed by atoms with Gasteiger partial charge in [-0.3, -0.25) is 4.57 Å². The van der Waals surface area contributed by atoms with Gasteiger partial charge in [0.25, 0.3) is 0 Å². The number of phosphoric acid groups is 1. The number of carbonyl (C=O) groups excluding carboxylic acids is 1. The third kappa shape index (κ3) is 4.23. The van der Waals surface area contributed by atoms with Gasteiger partial charge < -0.3 is 34.4 Å².